The van der Waals surface area contributed by atoms with Gasteiger partial charge < -0.3 is 10.6 Å². The summed E-state index contributed by atoms with van der Waals surface area (Å²) in [4.78, 5) is 13.0. The monoisotopic (exact) mass is 316 g/mol. The number of carbonyl (C=O) groups is 1. The van der Waals surface area contributed by atoms with Crippen molar-refractivity contribution in [3.63, 3.8) is 0 Å². The van der Waals surface area contributed by atoms with Crippen molar-refractivity contribution in [2.75, 3.05) is 11.9 Å². The van der Waals surface area contributed by atoms with Gasteiger partial charge in [-0.3, -0.25) is 4.79 Å². The van der Waals surface area contributed by atoms with Crippen LogP contribution < -0.4 is 10.6 Å². The molecule has 0 fully saturated rings. The lowest BCUT2D eigenvalue weighted by atomic mass is 10.3. The molecule has 0 saturated heterocycles. The van der Waals surface area contributed by atoms with E-state index in [9.17, 15) is 4.79 Å². The highest BCUT2D eigenvalue weighted by Gasteiger charge is 2.16. The molecule has 102 valence electrons. The average Bonchev–Trinajstić information content (AvgIpc) is 2.98. The molecule has 0 bridgehead atoms. The summed E-state index contributed by atoms with van der Waals surface area (Å²) in [5.74, 6) is -0.223. The summed E-state index contributed by atoms with van der Waals surface area (Å²) >= 11 is 8.57. The maximum absolute atomic E-state index is 12.0. The molecule has 0 aliphatic rings. The van der Waals surface area contributed by atoms with Crippen LogP contribution in [-0.2, 0) is 0 Å². The molecule has 8 heteroatoms. The van der Waals surface area contributed by atoms with Gasteiger partial charge in [0.2, 0.25) is 10.1 Å². The first kappa shape index (κ1) is 14.2. The van der Waals surface area contributed by atoms with Crippen LogP contribution in [0.5, 0.6) is 0 Å². The van der Waals surface area contributed by atoms with Crippen molar-refractivity contribution in [3.8, 4) is 0 Å². The number of anilines is 1. The Morgan fingerprint density at radius 1 is 1.42 bits per heavy atom. The summed E-state index contributed by atoms with van der Waals surface area (Å²) in [5.41, 5.74) is 0. The van der Waals surface area contributed by atoms with Crippen LogP contribution in [0.2, 0.25) is 4.34 Å². The van der Waals surface area contributed by atoms with Crippen molar-refractivity contribution in [2.24, 2.45) is 0 Å². The number of amides is 1. The van der Waals surface area contributed by atoms with Crippen molar-refractivity contribution in [2.45, 2.75) is 19.9 Å². The fraction of sp³-hybridized carbons (Fsp3) is 0.364. The fourth-order valence-electron chi connectivity index (χ4n) is 1.43. The molecule has 5 nitrogen and oxygen atoms in total. The van der Waals surface area contributed by atoms with Crippen LogP contribution in [0.25, 0.3) is 0 Å². The Hall–Kier alpha value is -1.18. The molecule has 0 radical (unpaired) electrons. The van der Waals surface area contributed by atoms with Crippen LogP contribution in [0, 0.1) is 0 Å². The van der Waals surface area contributed by atoms with Crippen molar-refractivity contribution in [3.05, 3.63) is 26.4 Å². The first-order chi connectivity index (χ1) is 9.10. The molecular weight excluding hydrogens is 304 g/mol. The van der Waals surface area contributed by atoms with Gasteiger partial charge in [0.1, 0.15) is 0 Å². The van der Waals surface area contributed by atoms with Crippen molar-refractivity contribution in [1.82, 2.24) is 15.5 Å². The summed E-state index contributed by atoms with van der Waals surface area (Å²) < 4.78 is 0.710. The number of nitrogens with zero attached hydrogens (tertiary/aromatic N) is 2. The van der Waals surface area contributed by atoms with E-state index in [1.807, 2.05) is 26.0 Å². The number of rotatable bonds is 5. The van der Waals surface area contributed by atoms with Gasteiger partial charge in [-0.05, 0) is 26.0 Å². The molecule has 0 aliphatic carbocycles. The topological polar surface area (TPSA) is 66.9 Å². The van der Waals surface area contributed by atoms with Gasteiger partial charge in [-0.25, -0.2) is 0 Å². The van der Waals surface area contributed by atoms with Gasteiger partial charge in [0.05, 0.1) is 10.4 Å². The summed E-state index contributed by atoms with van der Waals surface area (Å²) in [6.07, 6.45) is 0. The van der Waals surface area contributed by atoms with Crippen LogP contribution in [0.3, 0.4) is 0 Å². The van der Waals surface area contributed by atoms with Crippen molar-refractivity contribution in [1.29, 1.82) is 0 Å². The minimum absolute atomic E-state index is 0.100. The molecule has 1 amide bonds. The molecule has 0 aromatic carbocycles. The lowest BCUT2D eigenvalue weighted by Crippen LogP contribution is -2.25. The number of hydrogen-bond acceptors (Lipinski definition) is 6. The molecule has 19 heavy (non-hydrogen) atoms. The van der Waals surface area contributed by atoms with Crippen LogP contribution in [0.15, 0.2) is 12.1 Å². The number of hydrogen-bond donors (Lipinski definition) is 2. The van der Waals surface area contributed by atoms with Gasteiger partial charge >= 0.3 is 0 Å². The van der Waals surface area contributed by atoms with E-state index in [2.05, 4.69) is 20.8 Å². The Bertz CT molecular complexity index is 569. The second-order valence-corrected chi connectivity index (χ2v) is 6.50. The van der Waals surface area contributed by atoms with Crippen LogP contribution in [0.4, 0.5) is 5.13 Å². The van der Waals surface area contributed by atoms with Crippen LogP contribution >= 0.6 is 34.3 Å². The number of aromatic nitrogens is 2. The normalized spacial score (nSPS) is 12.2. The predicted octanol–water partition coefficient (Wildman–Crippen LogP) is 3.18. The van der Waals surface area contributed by atoms with E-state index in [4.69, 9.17) is 11.6 Å². The Morgan fingerprint density at radius 3 is 2.84 bits per heavy atom. The van der Waals surface area contributed by atoms with E-state index in [-0.39, 0.29) is 11.9 Å². The SMILES string of the molecule is CCNc1nnc(C(=O)NC(C)c2ccc(Cl)s2)s1. The average molecular weight is 317 g/mol. The zero-order valence-electron chi connectivity index (χ0n) is 10.4. The van der Waals surface area contributed by atoms with E-state index >= 15 is 0 Å². The molecule has 2 heterocycles. The minimum Gasteiger partial charge on any atom is -0.360 e. The second-order valence-electron chi connectivity index (χ2n) is 3.78. The summed E-state index contributed by atoms with van der Waals surface area (Å²) in [6, 6.07) is 3.62. The second kappa shape index (κ2) is 6.31. The van der Waals surface area contributed by atoms with Gasteiger partial charge in [0.15, 0.2) is 0 Å². The zero-order valence-corrected chi connectivity index (χ0v) is 12.8. The smallest absolute Gasteiger partial charge is 0.282 e. The molecule has 0 aliphatic heterocycles. The van der Waals surface area contributed by atoms with Crippen LogP contribution in [0.1, 0.15) is 34.6 Å². The Labute approximate surface area is 124 Å². The third kappa shape index (κ3) is 3.65. The fourth-order valence-corrected chi connectivity index (χ4v) is 3.21. The van der Waals surface area contributed by atoms with E-state index in [0.717, 1.165) is 11.4 Å². The zero-order chi connectivity index (χ0) is 13.8. The quantitative estimate of drug-likeness (QED) is 0.889. The van der Waals surface area contributed by atoms with E-state index in [0.29, 0.717) is 14.5 Å². The molecule has 0 spiro atoms. The Morgan fingerprint density at radius 2 is 2.21 bits per heavy atom. The van der Waals surface area contributed by atoms with E-state index < -0.39 is 0 Å². The number of thiophene rings is 1. The summed E-state index contributed by atoms with van der Waals surface area (Å²) in [7, 11) is 0. The molecule has 0 saturated carbocycles. The first-order valence-corrected chi connectivity index (χ1v) is 7.74. The minimum atomic E-state index is -0.223. The lowest BCUT2D eigenvalue weighted by Gasteiger charge is -2.10. The molecule has 1 unspecified atom stereocenters. The van der Waals surface area contributed by atoms with Crippen LogP contribution in [-0.4, -0.2) is 22.6 Å². The van der Waals surface area contributed by atoms with E-state index in [1.165, 1.54) is 22.7 Å². The third-order valence-electron chi connectivity index (χ3n) is 2.32. The summed E-state index contributed by atoms with van der Waals surface area (Å²) in [5, 5.41) is 14.6. The van der Waals surface area contributed by atoms with Gasteiger partial charge in [0.25, 0.3) is 5.91 Å². The maximum atomic E-state index is 12.0. The predicted molar refractivity (Wildman–Crippen MR) is 79.3 cm³/mol. The largest absolute Gasteiger partial charge is 0.360 e. The van der Waals surface area contributed by atoms with E-state index in [1.54, 1.807) is 0 Å². The number of halogens is 1. The highest BCUT2D eigenvalue weighted by atomic mass is 35.5. The molecule has 2 N–H and O–H groups in total. The lowest BCUT2D eigenvalue weighted by molar-refractivity contribution is 0.0939. The summed E-state index contributed by atoms with van der Waals surface area (Å²) in [6.45, 7) is 4.62. The number of nitrogens with one attached hydrogen (secondary N) is 2. The third-order valence-corrected chi connectivity index (χ3v) is 4.61. The van der Waals surface area contributed by atoms with Gasteiger partial charge in [-0.1, -0.05) is 22.9 Å². The van der Waals surface area contributed by atoms with Crippen molar-refractivity contribution >= 4 is 45.3 Å². The molecular formula is C11H13ClN4OS2. The Kier molecular flexibility index (Phi) is 4.73. The van der Waals surface area contributed by atoms with Gasteiger partial charge in [-0.15, -0.1) is 21.5 Å². The number of carbonyl (C=O) groups excluding carboxylic acids is 1. The van der Waals surface area contributed by atoms with Gasteiger partial charge in [0, 0.05) is 11.4 Å². The first-order valence-electron chi connectivity index (χ1n) is 5.73. The maximum Gasteiger partial charge on any atom is 0.282 e. The molecule has 2 aromatic heterocycles. The van der Waals surface area contributed by atoms with Crippen molar-refractivity contribution < 1.29 is 4.79 Å². The Balaban J connectivity index is 1.99. The highest BCUT2D eigenvalue weighted by Crippen LogP contribution is 2.27. The molecule has 2 aromatic rings. The van der Waals surface area contributed by atoms with Gasteiger partial charge in [-0.2, -0.15) is 0 Å². The highest BCUT2D eigenvalue weighted by molar-refractivity contribution is 7.17. The molecule has 1 atom stereocenters. The molecule has 2 rings (SSSR count). The standard InChI is InChI=1S/C11H13ClN4OS2/c1-3-13-11-16-15-10(19-11)9(17)14-6(2)7-4-5-8(12)18-7/h4-6H,3H2,1-2H3,(H,13,16)(H,14,17).